The van der Waals surface area contributed by atoms with Gasteiger partial charge < -0.3 is 19.7 Å². The lowest BCUT2D eigenvalue weighted by Gasteiger charge is -2.27. The summed E-state index contributed by atoms with van der Waals surface area (Å²) in [5, 5.41) is 3.08. The lowest BCUT2D eigenvalue weighted by Crippen LogP contribution is -2.34. The Bertz CT molecular complexity index is 706. The zero-order valence-corrected chi connectivity index (χ0v) is 13.9. The zero-order chi connectivity index (χ0) is 16.9. The minimum Gasteiger partial charge on any atom is -0.486 e. The van der Waals surface area contributed by atoms with Gasteiger partial charge in [-0.2, -0.15) is 0 Å². The summed E-state index contributed by atoms with van der Waals surface area (Å²) < 4.78 is 11.1. The van der Waals surface area contributed by atoms with Crippen molar-refractivity contribution in [2.45, 2.75) is 13.0 Å². The second-order valence-corrected chi connectivity index (χ2v) is 5.68. The van der Waals surface area contributed by atoms with E-state index in [1.807, 2.05) is 37.3 Å². The van der Waals surface area contributed by atoms with E-state index < -0.39 is 0 Å². The van der Waals surface area contributed by atoms with Crippen LogP contribution in [-0.4, -0.2) is 42.6 Å². The molecule has 0 saturated carbocycles. The lowest BCUT2D eigenvalue weighted by atomic mass is 10.1. The molecule has 1 amide bonds. The molecule has 1 atom stereocenters. The Labute approximate surface area is 141 Å². The Morgan fingerprint density at radius 1 is 1.29 bits per heavy atom. The molecule has 0 fully saturated rings. The highest BCUT2D eigenvalue weighted by atomic mass is 16.6. The van der Waals surface area contributed by atoms with Crippen molar-refractivity contribution < 1.29 is 14.3 Å². The second kappa shape index (κ2) is 7.21. The highest BCUT2D eigenvalue weighted by molar-refractivity contribution is 5.81. The predicted molar refractivity (Wildman–Crippen MR) is 91.3 cm³/mol. The number of ether oxygens (including phenoxy) is 2. The van der Waals surface area contributed by atoms with Crippen molar-refractivity contribution in [1.29, 1.82) is 0 Å². The number of nitrogens with zero attached hydrogens (tertiary/aromatic N) is 2. The number of rotatable bonds is 5. The van der Waals surface area contributed by atoms with Crippen LogP contribution in [0.1, 0.15) is 18.5 Å². The minimum atomic E-state index is -0.0657. The summed E-state index contributed by atoms with van der Waals surface area (Å²) in [7, 11) is 1.80. The minimum absolute atomic E-state index is 0.00115. The molecular weight excluding hydrogens is 306 g/mol. The Hall–Kier alpha value is -2.76. The maximum absolute atomic E-state index is 12.4. The largest absolute Gasteiger partial charge is 0.486 e. The van der Waals surface area contributed by atoms with Crippen LogP contribution in [0.3, 0.4) is 0 Å². The van der Waals surface area contributed by atoms with Crippen molar-refractivity contribution in [3.63, 3.8) is 0 Å². The number of anilines is 1. The Kier molecular flexibility index (Phi) is 4.84. The third kappa shape index (κ3) is 3.59. The van der Waals surface area contributed by atoms with Crippen LogP contribution in [0.25, 0.3) is 0 Å². The van der Waals surface area contributed by atoms with Crippen LogP contribution >= 0.6 is 0 Å². The van der Waals surface area contributed by atoms with Gasteiger partial charge in [0.05, 0.1) is 18.3 Å². The van der Waals surface area contributed by atoms with Gasteiger partial charge >= 0.3 is 0 Å². The molecule has 1 N–H and O–H groups in total. The summed E-state index contributed by atoms with van der Waals surface area (Å²) >= 11 is 0. The molecule has 0 spiro atoms. The Balaban J connectivity index is 1.63. The number of amides is 1. The second-order valence-electron chi connectivity index (χ2n) is 5.68. The van der Waals surface area contributed by atoms with Crippen molar-refractivity contribution >= 4 is 11.6 Å². The van der Waals surface area contributed by atoms with Gasteiger partial charge in [-0.15, -0.1) is 0 Å². The highest BCUT2D eigenvalue weighted by Crippen LogP contribution is 2.33. The van der Waals surface area contributed by atoms with Gasteiger partial charge in [0.1, 0.15) is 13.2 Å². The van der Waals surface area contributed by atoms with E-state index in [-0.39, 0.29) is 18.5 Å². The summed E-state index contributed by atoms with van der Waals surface area (Å²) in [5.74, 6) is 1.49. The molecule has 0 radical (unpaired) electrons. The van der Waals surface area contributed by atoms with Crippen LogP contribution in [-0.2, 0) is 4.79 Å². The first kappa shape index (κ1) is 16.1. The van der Waals surface area contributed by atoms with Crippen LogP contribution in [0.5, 0.6) is 11.5 Å². The smallest absolute Gasteiger partial charge is 0.242 e. The van der Waals surface area contributed by atoms with Gasteiger partial charge in [-0.3, -0.25) is 9.78 Å². The van der Waals surface area contributed by atoms with E-state index in [1.54, 1.807) is 24.3 Å². The molecule has 2 aromatic rings. The number of nitrogens with one attached hydrogen (secondary N) is 1. The quantitative estimate of drug-likeness (QED) is 0.914. The van der Waals surface area contributed by atoms with Crippen molar-refractivity contribution in [2.75, 3.05) is 32.1 Å². The lowest BCUT2D eigenvalue weighted by molar-refractivity contribution is -0.129. The number of carbonyl (C=O) groups excluding carboxylic acids is 1. The summed E-state index contributed by atoms with van der Waals surface area (Å²) in [4.78, 5) is 18.1. The average molecular weight is 327 g/mol. The Morgan fingerprint density at radius 2 is 2.08 bits per heavy atom. The van der Waals surface area contributed by atoms with E-state index in [1.165, 1.54) is 0 Å². The van der Waals surface area contributed by atoms with Gasteiger partial charge in [0.15, 0.2) is 11.5 Å². The molecule has 0 aliphatic carbocycles. The first-order chi connectivity index (χ1) is 11.6. The van der Waals surface area contributed by atoms with Crippen LogP contribution in [0.15, 0.2) is 42.7 Å². The van der Waals surface area contributed by atoms with Crippen molar-refractivity contribution in [2.24, 2.45) is 0 Å². The third-order valence-corrected chi connectivity index (χ3v) is 4.13. The van der Waals surface area contributed by atoms with Crippen LogP contribution in [0.2, 0.25) is 0 Å². The number of fused-ring (bicyclic) bond motifs is 1. The maximum Gasteiger partial charge on any atom is 0.242 e. The highest BCUT2D eigenvalue weighted by Gasteiger charge is 2.20. The standard InChI is InChI=1S/C18H21N3O3/c1-13(14-5-6-16-17(10-14)24-9-8-23-16)21(2)18(22)12-20-15-4-3-7-19-11-15/h3-7,10-11,13,20H,8-9,12H2,1-2H3. The normalized spacial score (nSPS) is 13.9. The van der Waals surface area contributed by atoms with Gasteiger partial charge in [0, 0.05) is 19.4 Å². The summed E-state index contributed by atoms with van der Waals surface area (Å²) in [6.45, 7) is 3.33. The Morgan fingerprint density at radius 3 is 2.83 bits per heavy atom. The molecular formula is C18H21N3O3. The molecule has 3 rings (SSSR count). The molecule has 1 aliphatic rings. The van der Waals surface area contributed by atoms with Gasteiger partial charge in [-0.25, -0.2) is 0 Å². The number of benzene rings is 1. The summed E-state index contributed by atoms with van der Waals surface area (Å²) in [6.07, 6.45) is 3.39. The fraction of sp³-hybridized carbons (Fsp3) is 0.333. The number of carbonyl (C=O) groups is 1. The molecule has 0 saturated heterocycles. The molecule has 1 aromatic heterocycles. The van der Waals surface area contributed by atoms with Crippen molar-refractivity contribution in [1.82, 2.24) is 9.88 Å². The average Bonchev–Trinajstić information content (AvgIpc) is 2.65. The zero-order valence-electron chi connectivity index (χ0n) is 13.9. The van der Waals surface area contributed by atoms with Crippen molar-refractivity contribution in [3.8, 4) is 11.5 Å². The molecule has 126 valence electrons. The fourth-order valence-electron chi connectivity index (χ4n) is 2.53. The number of pyridine rings is 1. The van der Waals surface area contributed by atoms with Gasteiger partial charge in [0.25, 0.3) is 0 Å². The van der Waals surface area contributed by atoms with E-state index in [0.29, 0.717) is 13.2 Å². The number of aromatic nitrogens is 1. The maximum atomic E-state index is 12.4. The molecule has 24 heavy (non-hydrogen) atoms. The topological polar surface area (TPSA) is 63.7 Å². The van der Waals surface area contributed by atoms with Gasteiger partial charge in [-0.1, -0.05) is 6.07 Å². The van der Waals surface area contributed by atoms with Crippen LogP contribution in [0, 0.1) is 0 Å². The summed E-state index contributed by atoms with van der Waals surface area (Å²) in [6, 6.07) is 9.45. The van der Waals surface area contributed by atoms with E-state index in [0.717, 1.165) is 22.7 Å². The molecule has 0 bridgehead atoms. The van der Waals surface area contributed by atoms with Crippen LogP contribution in [0.4, 0.5) is 5.69 Å². The molecule has 6 nitrogen and oxygen atoms in total. The number of likely N-dealkylation sites (N-methyl/N-ethyl adjacent to an activating group) is 1. The van der Waals surface area contributed by atoms with Gasteiger partial charge in [-0.05, 0) is 36.8 Å². The van der Waals surface area contributed by atoms with E-state index in [2.05, 4.69) is 10.3 Å². The van der Waals surface area contributed by atoms with Gasteiger partial charge in [0.2, 0.25) is 5.91 Å². The molecule has 1 aliphatic heterocycles. The summed E-state index contributed by atoms with van der Waals surface area (Å²) in [5.41, 5.74) is 1.84. The molecule has 1 unspecified atom stereocenters. The number of hydrogen-bond donors (Lipinski definition) is 1. The third-order valence-electron chi connectivity index (χ3n) is 4.13. The molecule has 2 heterocycles. The monoisotopic (exact) mass is 327 g/mol. The first-order valence-electron chi connectivity index (χ1n) is 7.94. The SMILES string of the molecule is CC(c1ccc2c(c1)OCCO2)N(C)C(=O)CNc1cccnc1. The van der Waals surface area contributed by atoms with E-state index in [4.69, 9.17) is 9.47 Å². The fourth-order valence-corrected chi connectivity index (χ4v) is 2.53. The van der Waals surface area contributed by atoms with E-state index in [9.17, 15) is 4.79 Å². The van der Waals surface area contributed by atoms with Crippen LogP contribution < -0.4 is 14.8 Å². The molecule has 1 aromatic carbocycles. The number of hydrogen-bond acceptors (Lipinski definition) is 5. The predicted octanol–water partition coefficient (Wildman–Crippen LogP) is 2.48. The van der Waals surface area contributed by atoms with E-state index >= 15 is 0 Å². The first-order valence-corrected chi connectivity index (χ1v) is 7.94. The molecule has 6 heteroatoms. The van der Waals surface area contributed by atoms with Crippen molar-refractivity contribution in [3.05, 3.63) is 48.3 Å².